The lowest BCUT2D eigenvalue weighted by molar-refractivity contribution is 0.152. The van der Waals surface area contributed by atoms with Crippen LogP contribution in [0.5, 0.6) is 0 Å². The van der Waals surface area contributed by atoms with E-state index in [4.69, 9.17) is 19.5 Å². The fourth-order valence-electron chi connectivity index (χ4n) is 4.04. The zero-order valence-electron chi connectivity index (χ0n) is 16.4. The van der Waals surface area contributed by atoms with Crippen molar-refractivity contribution in [3.05, 3.63) is 36.3 Å². The molecule has 3 aromatic heterocycles. The summed E-state index contributed by atoms with van der Waals surface area (Å²) in [5.41, 5.74) is 2.38. The molecule has 1 unspecified atom stereocenters. The third-order valence-electron chi connectivity index (χ3n) is 5.88. The van der Waals surface area contributed by atoms with E-state index < -0.39 is 14.5 Å². The van der Waals surface area contributed by atoms with Crippen LogP contribution in [-0.2, 0) is 19.2 Å². The molecule has 1 aliphatic heterocycles. The standard InChI is InChI=1S/C20H24N6O2S/c1-29(21,27)20(5-6-20)16-13-17(26-9-2-11-28-12-10-26)25-19(24-16)15-4-8-23-18-14(15)3-7-22-18/h3-4,7-8,13,21H,2,5-6,9-12H2,1H3,(H,22,23). The summed E-state index contributed by atoms with van der Waals surface area (Å²) in [5.74, 6) is 1.40. The number of aromatic amines is 1. The highest BCUT2D eigenvalue weighted by Crippen LogP contribution is 2.52. The molecule has 0 spiro atoms. The van der Waals surface area contributed by atoms with Gasteiger partial charge in [-0.2, -0.15) is 0 Å². The first-order valence-corrected chi connectivity index (χ1v) is 11.8. The minimum absolute atomic E-state index is 0.588. The van der Waals surface area contributed by atoms with E-state index in [1.807, 2.05) is 24.4 Å². The third kappa shape index (κ3) is 3.18. The topological polar surface area (TPSA) is 108 Å². The van der Waals surface area contributed by atoms with Crippen LogP contribution in [0.1, 0.15) is 25.0 Å². The lowest BCUT2D eigenvalue weighted by atomic mass is 10.1. The monoisotopic (exact) mass is 412 g/mol. The molecular weight excluding hydrogens is 388 g/mol. The minimum Gasteiger partial charge on any atom is -0.380 e. The van der Waals surface area contributed by atoms with E-state index >= 15 is 0 Å². The molecule has 5 rings (SSSR count). The zero-order chi connectivity index (χ0) is 20.1. The van der Waals surface area contributed by atoms with Gasteiger partial charge < -0.3 is 14.6 Å². The first-order chi connectivity index (χ1) is 14.0. The van der Waals surface area contributed by atoms with Gasteiger partial charge in [-0.15, -0.1) is 0 Å². The van der Waals surface area contributed by atoms with Crippen molar-refractivity contribution in [3.63, 3.8) is 0 Å². The number of anilines is 1. The van der Waals surface area contributed by atoms with Crippen molar-refractivity contribution >= 4 is 26.6 Å². The molecule has 2 N–H and O–H groups in total. The number of aromatic nitrogens is 4. The molecule has 0 bridgehead atoms. The maximum Gasteiger partial charge on any atom is 0.162 e. The van der Waals surface area contributed by atoms with Gasteiger partial charge in [0, 0.05) is 55.4 Å². The second-order valence-electron chi connectivity index (χ2n) is 7.82. The average Bonchev–Trinajstić information content (AvgIpc) is 3.46. The van der Waals surface area contributed by atoms with Gasteiger partial charge in [0.25, 0.3) is 0 Å². The van der Waals surface area contributed by atoms with Crippen LogP contribution in [0, 0.1) is 4.78 Å². The van der Waals surface area contributed by atoms with Crippen LogP contribution in [0.2, 0.25) is 0 Å². The molecule has 0 amide bonds. The fraction of sp³-hybridized carbons (Fsp3) is 0.450. The SMILES string of the molecule is CS(=N)(=O)C1(c2cc(N3CCCOCC3)nc(-c3ccnc4[nH]ccc34)n2)CC1. The average molecular weight is 413 g/mol. The summed E-state index contributed by atoms with van der Waals surface area (Å²) >= 11 is 0. The minimum atomic E-state index is -2.78. The molecule has 9 heteroatoms. The molecular formula is C20H24N6O2S. The first kappa shape index (κ1) is 18.5. The molecule has 1 atom stereocenters. The second-order valence-corrected chi connectivity index (χ2v) is 10.3. The Morgan fingerprint density at radius 1 is 1.24 bits per heavy atom. The smallest absolute Gasteiger partial charge is 0.162 e. The van der Waals surface area contributed by atoms with Gasteiger partial charge in [0.05, 0.1) is 26.8 Å². The Balaban J connectivity index is 1.69. The van der Waals surface area contributed by atoms with Gasteiger partial charge in [0.15, 0.2) is 5.82 Å². The van der Waals surface area contributed by atoms with Crippen LogP contribution in [0.15, 0.2) is 30.6 Å². The van der Waals surface area contributed by atoms with E-state index in [1.165, 1.54) is 6.26 Å². The number of rotatable bonds is 4. The number of H-pyrrole nitrogens is 1. The number of hydrogen-bond donors (Lipinski definition) is 2. The predicted molar refractivity (Wildman–Crippen MR) is 112 cm³/mol. The van der Waals surface area contributed by atoms with Gasteiger partial charge in [-0.05, 0) is 31.4 Å². The van der Waals surface area contributed by atoms with Gasteiger partial charge in [-0.3, -0.25) is 4.78 Å². The summed E-state index contributed by atoms with van der Waals surface area (Å²) in [7, 11) is -2.78. The normalized spacial score (nSPS) is 20.9. The van der Waals surface area contributed by atoms with Crippen molar-refractivity contribution in [1.29, 1.82) is 4.78 Å². The Morgan fingerprint density at radius 3 is 2.90 bits per heavy atom. The van der Waals surface area contributed by atoms with Gasteiger partial charge in [0.2, 0.25) is 0 Å². The molecule has 0 radical (unpaired) electrons. The van der Waals surface area contributed by atoms with Crippen LogP contribution < -0.4 is 4.90 Å². The largest absolute Gasteiger partial charge is 0.380 e. The summed E-state index contributed by atoms with van der Waals surface area (Å²) in [5, 5.41) is 0.947. The van der Waals surface area contributed by atoms with Gasteiger partial charge in [-0.25, -0.2) is 19.2 Å². The predicted octanol–water partition coefficient (Wildman–Crippen LogP) is 2.91. The molecule has 4 heterocycles. The van der Waals surface area contributed by atoms with Crippen LogP contribution in [-0.4, -0.2) is 56.7 Å². The van der Waals surface area contributed by atoms with Crippen molar-refractivity contribution in [2.24, 2.45) is 0 Å². The highest BCUT2D eigenvalue weighted by molar-refractivity contribution is 7.92. The molecule has 152 valence electrons. The Morgan fingerprint density at radius 2 is 2.10 bits per heavy atom. The highest BCUT2D eigenvalue weighted by atomic mass is 32.2. The van der Waals surface area contributed by atoms with Crippen LogP contribution in [0.25, 0.3) is 22.4 Å². The van der Waals surface area contributed by atoms with Gasteiger partial charge in [0.1, 0.15) is 11.5 Å². The number of pyridine rings is 1. The summed E-state index contributed by atoms with van der Waals surface area (Å²) in [6.07, 6.45) is 7.49. The number of hydrogen-bond acceptors (Lipinski definition) is 7. The Kier molecular flexibility index (Phi) is 4.32. The quantitative estimate of drug-likeness (QED) is 0.682. The first-order valence-electron chi connectivity index (χ1n) is 9.86. The molecule has 2 fully saturated rings. The molecule has 2 aliphatic rings. The number of ether oxygens (including phenoxy) is 1. The second kappa shape index (κ2) is 6.77. The maximum absolute atomic E-state index is 12.8. The van der Waals surface area contributed by atoms with Crippen molar-refractivity contribution in [3.8, 4) is 11.4 Å². The van der Waals surface area contributed by atoms with Crippen LogP contribution >= 0.6 is 0 Å². The molecule has 8 nitrogen and oxygen atoms in total. The van der Waals surface area contributed by atoms with Crippen molar-refractivity contribution in [2.45, 2.75) is 24.0 Å². The van der Waals surface area contributed by atoms with E-state index in [2.05, 4.69) is 14.9 Å². The lowest BCUT2D eigenvalue weighted by Gasteiger charge is -2.24. The third-order valence-corrected chi connectivity index (χ3v) is 7.99. The number of fused-ring (bicyclic) bond motifs is 1. The molecule has 1 saturated carbocycles. The highest BCUT2D eigenvalue weighted by Gasteiger charge is 2.53. The van der Waals surface area contributed by atoms with Crippen molar-refractivity contribution in [2.75, 3.05) is 37.5 Å². The van der Waals surface area contributed by atoms with Gasteiger partial charge in [-0.1, -0.05) is 0 Å². The Bertz CT molecular complexity index is 1160. The van der Waals surface area contributed by atoms with E-state index in [-0.39, 0.29) is 0 Å². The molecule has 3 aromatic rings. The summed E-state index contributed by atoms with van der Waals surface area (Å²) in [6.45, 7) is 3.00. The van der Waals surface area contributed by atoms with Crippen molar-refractivity contribution < 1.29 is 8.95 Å². The zero-order valence-corrected chi connectivity index (χ0v) is 17.2. The molecule has 0 aromatic carbocycles. The Labute approximate surface area is 169 Å². The fourth-order valence-corrected chi connectivity index (χ4v) is 5.42. The van der Waals surface area contributed by atoms with Crippen LogP contribution in [0.4, 0.5) is 5.82 Å². The summed E-state index contributed by atoms with van der Waals surface area (Å²) in [4.78, 5) is 19.4. The molecule has 29 heavy (non-hydrogen) atoms. The number of nitrogens with zero attached hydrogens (tertiary/aromatic N) is 4. The van der Waals surface area contributed by atoms with E-state index in [1.54, 1.807) is 6.20 Å². The number of nitrogens with one attached hydrogen (secondary N) is 2. The van der Waals surface area contributed by atoms with E-state index in [0.29, 0.717) is 18.1 Å². The maximum atomic E-state index is 12.8. The van der Waals surface area contributed by atoms with Crippen LogP contribution in [0.3, 0.4) is 0 Å². The van der Waals surface area contributed by atoms with E-state index in [9.17, 15) is 4.21 Å². The summed E-state index contributed by atoms with van der Waals surface area (Å²) in [6, 6.07) is 5.82. The van der Waals surface area contributed by atoms with Gasteiger partial charge >= 0.3 is 0 Å². The lowest BCUT2D eigenvalue weighted by Crippen LogP contribution is -2.28. The van der Waals surface area contributed by atoms with E-state index in [0.717, 1.165) is 61.4 Å². The van der Waals surface area contributed by atoms with Crippen molar-refractivity contribution in [1.82, 2.24) is 19.9 Å². The molecule has 1 saturated heterocycles. The summed E-state index contributed by atoms with van der Waals surface area (Å²) < 4.78 is 26.0. The molecule has 1 aliphatic carbocycles. The Hall–Kier alpha value is -2.52.